The van der Waals surface area contributed by atoms with Crippen LogP contribution in [0.25, 0.3) is 16.8 Å². The minimum atomic E-state index is -0.674. The molecular formula is C18H18FNO. The van der Waals surface area contributed by atoms with E-state index in [2.05, 4.69) is 0 Å². The van der Waals surface area contributed by atoms with Crippen molar-refractivity contribution in [1.82, 2.24) is 4.90 Å². The van der Waals surface area contributed by atoms with Gasteiger partial charge in [0.2, 0.25) is 0 Å². The van der Waals surface area contributed by atoms with Crippen LogP contribution >= 0.6 is 0 Å². The van der Waals surface area contributed by atoms with Crippen LogP contribution in [0.4, 0.5) is 4.39 Å². The molecule has 1 amide bonds. The van der Waals surface area contributed by atoms with Crippen LogP contribution in [0, 0.1) is 0 Å². The highest BCUT2D eigenvalue weighted by molar-refractivity contribution is 5.96. The number of hydrogen-bond acceptors (Lipinski definition) is 1. The number of fused-ring (bicyclic) bond motifs is 1. The first kappa shape index (κ1) is 13.8. The topological polar surface area (TPSA) is 20.3 Å². The fraction of sp³-hybridized carbons (Fsp3) is 0.278. The third-order valence-corrected chi connectivity index (χ3v) is 3.91. The molecule has 21 heavy (non-hydrogen) atoms. The molecule has 2 nitrogen and oxygen atoms in total. The number of carbonyl (C=O) groups excluding carboxylic acids is 1. The standard InChI is InChI=1S/C18H18FNO/c19-17(18(21)20-10-4-1-5-11-20)13-14-8-9-15-6-2-3-7-16(15)12-14/h2-3,6-9,12-13H,1,4-5,10-11H2/b17-13+. The fourth-order valence-corrected chi connectivity index (χ4v) is 2.75. The molecule has 2 aromatic carbocycles. The lowest BCUT2D eigenvalue weighted by atomic mass is 10.1. The van der Waals surface area contributed by atoms with Crippen molar-refractivity contribution in [3.63, 3.8) is 0 Å². The van der Waals surface area contributed by atoms with E-state index >= 15 is 0 Å². The monoisotopic (exact) mass is 283 g/mol. The SMILES string of the molecule is O=C(/C(F)=C\c1ccc2ccccc2c1)N1CCCCC1. The number of piperidine rings is 1. The summed E-state index contributed by atoms with van der Waals surface area (Å²) in [6.07, 6.45) is 4.40. The van der Waals surface area contributed by atoms with Gasteiger partial charge in [-0.3, -0.25) is 4.79 Å². The molecule has 0 atom stereocenters. The van der Waals surface area contributed by atoms with Crippen molar-refractivity contribution in [3.8, 4) is 0 Å². The Labute approximate surface area is 123 Å². The molecule has 1 aliphatic rings. The van der Waals surface area contributed by atoms with Gasteiger partial charge in [0.05, 0.1) is 0 Å². The Morgan fingerprint density at radius 2 is 1.71 bits per heavy atom. The minimum Gasteiger partial charge on any atom is -0.337 e. The van der Waals surface area contributed by atoms with Gasteiger partial charge in [0.25, 0.3) is 5.91 Å². The lowest BCUT2D eigenvalue weighted by Crippen LogP contribution is -2.35. The van der Waals surface area contributed by atoms with Crippen LogP contribution in [0.2, 0.25) is 0 Å². The van der Waals surface area contributed by atoms with E-state index in [-0.39, 0.29) is 0 Å². The zero-order valence-corrected chi connectivity index (χ0v) is 11.9. The summed E-state index contributed by atoms with van der Waals surface area (Å²) in [6, 6.07) is 13.6. The maximum Gasteiger partial charge on any atom is 0.282 e. The van der Waals surface area contributed by atoms with Crippen molar-refractivity contribution in [2.45, 2.75) is 19.3 Å². The molecule has 1 aliphatic heterocycles. The molecular weight excluding hydrogens is 265 g/mol. The van der Waals surface area contributed by atoms with Gasteiger partial charge in [-0.15, -0.1) is 0 Å². The zero-order valence-electron chi connectivity index (χ0n) is 11.9. The Balaban J connectivity index is 1.82. The summed E-state index contributed by atoms with van der Waals surface area (Å²) in [7, 11) is 0. The van der Waals surface area contributed by atoms with Gasteiger partial charge in [-0.05, 0) is 47.7 Å². The lowest BCUT2D eigenvalue weighted by Gasteiger charge is -2.25. The second-order valence-corrected chi connectivity index (χ2v) is 5.45. The molecule has 0 saturated carbocycles. The zero-order chi connectivity index (χ0) is 14.7. The van der Waals surface area contributed by atoms with Gasteiger partial charge in [-0.25, -0.2) is 4.39 Å². The molecule has 0 N–H and O–H groups in total. The van der Waals surface area contributed by atoms with Crippen molar-refractivity contribution in [1.29, 1.82) is 0 Å². The van der Waals surface area contributed by atoms with Gasteiger partial charge in [0.1, 0.15) is 0 Å². The largest absolute Gasteiger partial charge is 0.337 e. The van der Waals surface area contributed by atoms with E-state index in [0.717, 1.165) is 35.6 Å². The van der Waals surface area contributed by atoms with Crippen LogP contribution in [-0.4, -0.2) is 23.9 Å². The van der Waals surface area contributed by atoms with Gasteiger partial charge in [-0.2, -0.15) is 0 Å². The molecule has 108 valence electrons. The number of likely N-dealkylation sites (tertiary alicyclic amines) is 1. The summed E-state index contributed by atoms with van der Waals surface area (Å²) < 4.78 is 14.1. The molecule has 0 radical (unpaired) electrons. The predicted molar refractivity (Wildman–Crippen MR) is 83.5 cm³/mol. The summed E-state index contributed by atoms with van der Waals surface area (Å²) >= 11 is 0. The molecule has 1 saturated heterocycles. The van der Waals surface area contributed by atoms with Crippen molar-refractivity contribution in [2.75, 3.05) is 13.1 Å². The van der Waals surface area contributed by atoms with Crippen molar-refractivity contribution in [3.05, 3.63) is 53.9 Å². The first-order valence-corrected chi connectivity index (χ1v) is 7.39. The molecule has 0 spiro atoms. The van der Waals surface area contributed by atoms with Crippen LogP contribution < -0.4 is 0 Å². The summed E-state index contributed by atoms with van der Waals surface area (Å²) in [5, 5.41) is 2.15. The molecule has 3 rings (SSSR count). The fourth-order valence-electron chi connectivity index (χ4n) is 2.75. The van der Waals surface area contributed by atoms with Crippen LogP contribution in [-0.2, 0) is 4.79 Å². The highest BCUT2D eigenvalue weighted by Crippen LogP contribution is 2.19. The average molecular weight is 283 g/mol. The molecule has 1 heterocycles. The molecule has 3 heteroatoms. The molecule has 0 aromatic heterocycles. The number of benzene rings is 2. The van der Waals surface area contributed by atoms with E-state index in [1.807, 2.05) is 42.5 Å². The van der Waals surface area contributed by atoms with Crippen molar-refractivity contribution in [2.24, 2.45) is 0 Å². The summed E-state index contributed by atoms with van der Waals surface area (Å²) in [5.74, 6) is -1.16. The highest BCUT2D eigenvalue weighted by atomic mass is 19.1. The number of rotatable bonds is 2. The van der Waals surface area contributed by atoms with Crippen LogP contribution in [0.3, 0.4) is 0 Å². The average Bonchev–Trinajstić information content (AvgIpc) is 2.55. The van der Waals surface area contributed by atoms with E-state index in [0.29, 0.717) is 13.1 Å². The van der Waals surface area contributed by atoms with Gasteiger partial charge < -0.3 is 4.90 Å². The van der Waals surface area contributed by atoms with Crippen molar-refractivity contribution >= 4 is 22.8 Å². The van der Waals surface area contributed by atoms with Crippen LogP contribution in [0.1, 0.15) is 24.8 Å². The molecule has 0 unspecified atom stereocenters. The van der Waals surface area contributed by atoms with E-state index in [9.17, 15) is 9.18 Å². The number of nitrogens with zero attached hydrogens (tertiary/aromatic N) is 1. The highest BCUT2D eigenvalue weighted by Gasteiger charge is 2.20. The maximum atomic E-state index is 14.1. The predicted octanol–water partition coefficient (Wildman–Crippen LogP) is 4.16. The van der Waals surface area contributed by atoms with Crippen LogP contribution in [0.15, 0.2) is 48.3 Å². The van der Waals surface area contributed by atoms with Gasteiger partial charge >= 0.3 is 0 Å². The molecule has 0 aliphatic carbocycles. The third-order valence-electron chi connectivity index (χ3n) is 3.91. The molecule has 1 fully saturated rings. The van der Waals surface area contributed by atoms with E-state index in [1.165, 1.54) is 6.08 Å². The first-order valence-electron chi connectivity index (χ1n) is 7.39. The van der Waals surface area contributed by atoms with E-state index in [1.54, 1.807) is 4.90 Å². The Kier molecular flexibility index (Phi) is 4.00. The van der Waals surface area contributed by atoms with Crippen LogP contribution in [0.5, 0.6) is 0 Å². The number of carbonyl (C=O) groups is 1. The van der Waals surface area contributed by atoms with Gasteiger partial charge in [0, 0.05) is 13.1 Å². The Morgan fingerprint density at radius 3 is 2.48 bits per heavy atom. The third kappa shape index (κ3) is 3.13. The smallest absolute Gasteiger partial charge is 0.282 e. The van der Waals surface area contributed by atoms with E-state index < -0.39 is 11.7 Å². The molecule has 0 bridgehead atoms. The summed E-state index contributed by atoms with van der Waals surface area (Å²) in [5.41, 5.74) is 0.719. The Morgan fingerprint density at radius 1 is 1.00 bits per heavy atom. The van der Waals surface area contributed by atoms with Gasteiger partial charge in [-0.1, -0.05) is 36.4 Å². The Bertz CT molecular complexity index is 686. The number of amides is 1. The second-order valence-electron chi connectivity index (χ2n) is 5.45. The maximum absolute atomic E-state index is 14.1. The quantitative estimate of drug-likeness (QED) is 0.758. The number of hydrogen-bond donors (Lipinski definition) is 0. The minimum absolute atomic E-state index is 0.483. The first-order chi connectivity index (χ1) is 10.2. The summed E-state index contributed by atoms with van der Waals surface area (Å²) in [4.78, 5) is 13.7. The number of halogens is 1. The normalized spacial score (nSPS) is 16.2. The van der Waals surface area contributed by atoms with Gasteiger partial charge in [0.15, 0.2) is 5.83 Å². The summed E-state index contributed by atoms with van der Waals surface area (Å²) in [6.45, 7) is 1.33. The van der Waals surface area contributed by atoms with E-state index in [4.69, 9.17) is 0 Å². The second kappa shape index (κ2) is 6.08. The molecule has 2 aromatic rings. The van der Waals surface area contributed by atoms with Crippen molar-refractivity contribution < 1.29 is 9.18 Å². The Hall–Kier alpha value is -2.16. The lowest BCUT2D eigenvalue weighted by molar-refractivity contribution is -0.129.